The maximum absolute atomic E-state index is 13.7. The van der Waals surface area contributed by atoms with E-state index in [1.54, 1.807) is 0 Å². The zero-order valence-electron chi connectivity index (χ0n) is 16.5. The van der Waals surface area contributed by atoms with Gasteiger partial charge < -0.3 is 5.11 Å². The Hall–Kier alpha value is -0.180. The van der Waals surface area contributed by atoms with Crippen molar-refractivity contribution in [3.8, 4) is 0 Å². The summed E-state index contributed by atoms with van der Waals surface area (Å²) in [5, 5.41) is 8.94. The molecule has 0 radical (unpaired) electrons. The topological polar surface area (TPSA) is 20.2 Å². The fourth-order valence-corrected chi connectivity index (χ4v) is 3.65. The number of aliphatic hydroxyl groups excluding tert-OH is 1. The molecule has 24 heavy (non-hydrogen) atoms. The molecule has 0 heterocycles. The van der Waals surface area contributed by atoms with Crippen LogP contribution < -0.4 is 0 Å². The molecule has 0 aromatic carbocycles. The molecule has 0 aliphatic rings. The van der Waals surface area contributed by atoms with Gasteiger partial charge in [-0.15, -0.1) is 0 Å². The van der Waals surface area contributed by atoms with E-state index < -0.39 is 12.5 Å². The molecule has 0 aliphatic heterocycles. The van der Waals surface area contributed by atoms with Crippen LogP contribution in [0.4, 0.5) is 8.78 Å². The summed E-state index contributed by atoms with van der Waals surface area (Å²) >= 11 is 0. The van der Waals surface area contributed by atoms with Crippen molar-refractivity contribution in [1.82, 2.24) is 0 Å². The Balaban J connectivity index is 4.20. The Kier molecular flexibility index (Phi) is 13.9. The van der Waals surface area contributed by atoms with Crippen molar-refractivity contribution in [3.05, 3.63) is 0 Å². The zero-order valence-corrected chi connectivity index (χ0v) is 16.5. The summed E-state index contributed by atoms with van der Waals surface area (Å²) < 4.78 is 27.5. The van der Waals surface area contributed by atoms with Crippen molar-refractivity contribution in [2.75, 3.05) is 6.61 Å². The van der Waals surface area contributed by atoms with Crippen LogP contribution in [0.25, 0.3) is 0 Å². The molecule has 0 saturated heterocycles. The molecule has 0 rings (SSSR count). The van der Waals surface area contributed by atoms with Crippen molar-refractivity contribution in [2.45, 2.75) is 123 Å². The van der Waals surface area contributed by atoms with Gasteiger partial charge in [-0.05, 0) is 18.3 Å². The minimum atomic E-state index is -2.93. The lowest BCUT2D eigenvalue weighted by atomic mass is 9.75. The predicted octanol–water partition coefficient (Wildman–Crippen LogP) is 7.51. The van der Waals surface area contributed by atoms with Crippen LogP contribution >= 0.6 is 0 Å². The molecule has 1 nitrogen and oxygen atoms in total. The molecule has 1 N–H and O–H groups in total. The van der Waals surface area contributed by atoms with Crippen LogP contribution in [0.5, 0.6) is 0 Å². The van der Waals surface area contributed by atoms with E-state index in [1.165, 1.54) is 51.4 Å². The van der Waals surface area contributed by atoms with Crippen LogP contribution in [0, 0.1) is 5.41 Å². The number of hydrogen-bond acceptors (Lipinski definition) is 1. The highest BCUT2D eigenvalue weighted by Crippen LogP contribution is 2.40. The van der Waals surface area contributed by atoms with Crippen molar-refractivity contribution >= 4 is 0 Å². The van der Waals surface area contributed by atoms with Gasteiger partial charge in [-0.2, -0.15) is 0 Å². The monoisotopic (exact) mass is 348 g/mol. The number of hydrogen-bond donors (Lipinski definition) is 1. The third-order valence-corrected chi connectivity index (χ3v) is 5.18. The highest BCUT2D eigenvalue weighted by atomic mass is 19.3. The van der Waals surface area contributed by atoms with Gasteiger partial charge in [0.2, 0.25) is 0 Å². The quantitative estimate of drug-likeness (QED) is 0.270. The van der Waals surface area contributed by atoms with Crippen molar-refractivity contribution < 1.29 is 13.9 Å². The van der Waals surface area contributed by atoms with E-state index in [9.17, 15) is 8.78 Å². The lowest BCUT2D eigenvalue weighted by Crippen LogP contribution is -2.31. The first kappa shape index (κ1) is 23.8. The Morgan fingerprint density at radius 1 is 0.667 bits per heavy atom. The van der Waals surface area contributed by atoms with Gasteiger partial charge in [0.05, 0.1) is 0 Å². The average molecular weight is 349 g/mol. The third-order valence-electron chi connectivity index (χ3n) is 5.18. The highest BCUT2D eigenvalue weighted by Gasteiger charge is 2.38. The number of halogens is 2. The lowest BCUT2D eigenvalue weighted by molar-refractivity contribution is -0.0860. The summed E-state index contributed by atoms with van der Waals surface area (Å²) in [5.41, 5.74) is -0.331. The molecule has 0 aliphatic carbocycles. The van der Waals surface area contributed by atoms with Crippen molar-refractivity contribution in [1.29, 1.82) is 0 Å². The van der Waals surface area contributed by atoms with E-state index in [2.05, 4.69) is 13.8 Å². The summed E-state index contributed by atoms with van der Waals surface area (Å²) in [6.45, 7) is 5.39. The van der Waals surface area contributed by atoms with Gasteiger partial charge in [0.1, 0.15) is 6.61 Å². The van der Waals surface area contributed by atoms with E-state index in [1.807, 2.05) is 6.92 Å². The zero-order chi connectivity index (χ0) is 18.3. The summed E-state index contributed by atoms with van der Waals surface area (Å²) in [5.74, 6) is -2.93. The van der Waals surface area contributed by atoms with Gasteiger partial charge in [-0.25, -0.2) is 8.78 Å². The fourth-order valence-electron chi connectivity index (χ4n) is 3.65. The number of unbranched alkanes of at least 4 members (excludes halogenated alkanes) is 10. The Bertz CT molecular complexity index is 281. The normalized spacial score (nSPS) is 14.8. The summed E-state index contributed by atoms with van der Waals surface area (Å²) in [6, 6.07) is 0. The molecule has 0 bridgehead atoms. The Morgan fingerprint density at radius 2 is 1.04 bits per heavy atom. The van der Waals surface area contributed by atoms with Gasteiger partial charge in [-0.3, -0.25) is 0 Å². The predicted molar refractivity (Wildman–Crippen MR) is 101 cm³/mol. The molecule has 0 saturated carbocycles. The first-order valence-corrected chi connectivity index (χ1v) is 10.4. The maximum Gasteiger partial charge on any atom is 0.271 e. The van der Waals surface area contributed by atoms with E-state index in [0.717, 1.165) is 38.5 Å². The van der Waals surface area contributed by atoms with E-state index in [0.29, 0.717) is 0 Å². The highest BCUT2D eigenvalue weighted by molar-refractivity contribution is 4.82. The minimum absolute atomic E-state index is 0.167. The largest absolute Gasteiger partial charge is 0.390 e. The van der Waals surface area contributed by atoms with E-state index >= 15 is 0 Å². The molecule has 146 valence electrons. The summed E-state index contributed by atoms with van der Waals surface area (Å²) in [6.07, 6.45) is 15.9. The second-order valence-electron chi connectivity index (χ2n) is 8.04. The molecule has 0 aromatic rings. The SMILES string of the molecule is CCCCCCCCCC(C)(CCCCCCC)CC(F)(F)CO. The molecule has 1 unspecified atom stereocenters. The second-order valence-corrected chi connectivity index (χ2v) is 8.04. The maximum atomic E-state index is 13.7. The molecule has 0 amide bonds. The lowest BCUT2D eigenvalue weighted by Gasteiger charge is -2.33. The first-order chi connectivity index (χ1) is 11.4. The Labute approximate surface area is 149 Å². The molecule has 0 fully saturated rings. The van der Waals surface area contributed by atoms with Crippen LogP contribution in [0.3, 0.4) is 0 Å². The molecular weight excluding hydrogens is 306 g/mol. The van der Waals surface area contributed by atoms with Gasteiger partial charge in [0.15, 0.2) is 0 Å². The number of aliphatic hydroxyl groups is 1. The fraction of sp³-hybridized carbons (Fsp3) is 1.00. The van der Waals surface area contributed by atoms with Crippen molar-refractivity contribution in [3.63, 3.8) is 0 Å². The third kappa shape index (κ3) is 13.1. The Morgan fingerprint density at radius 3 is 1.42 bits per heavy atom. The molecular formula is C21H42F2O. The molecule has 0 aromatic heterocycles. The number of alkyl halides is 2. The second kappa shape index (κ2) is 14.0. The summed E-state index contributed by atoms with van der Waals surface area (Å²) in [7, 11) is 0. The van der Waals surface area contributed by atoms with Gasteiger partial charge in [0, 0.05) is 6.42 Å². The van der Waals surface area contributed by atoms with Gasteiger partial charge in [-0.1, -0.05) is 97.8 Å². The molecule has 1 atom stereocenters. The minimum Gasteiger partial charge on any atom is -0.390 e. The van der Waals surface area contributed by atoms with E-state index in [-0.39, 0.29) is 11.8 Å². The molecule has 0 spiro atoms. The van der Waals surface area contributed by atoms with E-state index in [4.69, 9.17) is 5.11 Å². The van der Waals surface area contributed by atoms with Crippen LogP contribution in [-0.2, 0) is 0 Å². The molecule has 3 heteroatoms. The standard InChI is InChI=1S/C21H42F2O/c1-4-6-8-10-11-13-15-17-20(3,18-21(22,23)19-24)16-14-12-9-7-5-2/h24H,4-19H2,1-3H3. The summed E-state index contributed by atoms with van der Waals surface area (Å²) in [4.78, 5) is 0. The van der Waals surface area contributed by atoms with Gasteiger partial charge in [0.25, 0.3) is 5.92 Å². The van der Waals surface area contributed by atoms with Crippen LogP contribution in [0.15, 0.2) is 0 Å². The smallest absolute Gasteiger partial charge is 0.271 e. The van der Waals surface area contributed by atoms with Crippen LogP contribution in [0.2, 0.25) is 0 Å². The number of rotatable bonds is 17. The van der Waals surface area contributed by atoms with Crippen molar-refractivity contribution in [2.24, 2.45) is 5.41 Å². The van der Waals surface area contributed by atoms with Crippen LogP contribution in [0.1, 0.15) is 117 Å². The van der Waals surface area contributed by atoms with Gasteiger partial charge >= 0.3 is 0 Å². The first-order valence-electron chi connectivity index (χ1n) is 10.4. The average Bonchev–Trinajstić information content (AvgIpc) is 2.53. The van der Waals surface area contributed by atoms with Crippen LogP contribution in [-0.4, -0.2) is 17.6 Å².